The first-order valence-electron chi connectivity index (χ1n) is 7.86. The number of hydrogen-bond donors (Lipinski definition) is 3. The number of β-lactam (4-membered cyclic amide) rings is 1. The van der Waals surface area contributed by atoms with Crippen molar-refractivity contribution in [1.82, 2.24) is 30.4 Å². The number of nitrogens with zero attached hydrogens (tertiary/aromatic N) is 5. The topological polar surface area (TPSA) is 158 Å². The zero-order valence-corrected chi connectivity index (χ0v) is 14.3. The molecule has 4 heterocycles. The number of amides is 2. The van der Waals surface area contributed by atoms with Crippen LogP contribution in [0.25, 0.3) is 0 Å². The number of aromatic nitrogens is 4. The molecule has 0 spiro atoms. The quantitative estimate of drug-likeness (QED) is 0.416. The van der Waals surface area contributed by atoms with E-state index in [4.69, 9.17) is 5.73 Å². The molecular formula is C14H15N7O4S. The first kappa shape index (κ1) is 16.7. The molecule has 0 aliphatic carbocycles. The van der Waals surface area contributed by atoms with Gasteiger partial charge in [-0.3, -0.25) is 14.5 Å². The van der Waals surface area contributed by atoms with E-state index in [1.54, 1.807) is 11.0 Å². The molecule has 11 nitrogen and oxygen atoms in total. The average Bonchev–Trinajstić information content (AvgIpc) is 3.26. The SMILES string of the molecule is N[C@@H]1C(=O)N2C(C(=O)O)=C(C=C3CCN(Cc4nn[nH]n4)C3=O)CS[C@H]12. The van der Waals surface area contributed by atoms with E-state index in [0.717, 1.165) is 0 Å². The van der Waals surface area contributed by atoms with Gasteiger partial charge in [-0.2, -0.15) is 5.21 Å². The number of carboxylic acid groups (broad SMARTS) is 1. The molecule has 3 aliphatic heterocycles. The number of fused-ring (bicyclic) bond motifs is 1. The highest BCUT2D eigenvalue weighted by atomic mass is 32.2. The summed E-state index contributed by atoms with van der Waals surface area (Å²) in [5, 5.41) is 22.6. The van der Waals surface area contributed by atoms with Crippen molar-refractivity contribution in [2.45, 2.75) is 24.4 Å². The summed E-state index contributed by atoms with van der Waals surface area (Å²) in [6.45, 7) is 0.714. The van der Waals surface area contributed by atoms with E-state index in [0.29, 0.717) is 35.7 Å². The monoisotopic (exact) mass is 377 g/mol. The summed E-state index contributed by atoms with van der Waals surface area (Å²) < 4.78 is 0. The molecule has 2 amide bonds. The van der Waals surface area contributed by atoms with Crippen molar-refractivity contribution in [3.05, 3.63) is 28.7 Å². The molecular weight excluding hydrogens is 362 g/mol. The number of H-pyrrole nitrogens is 1. The molecule has 136 valence electrons. The molecule has 0 aromatic carbocycles. The van der Waals surface area contributed by atoms with Crippen LogP contribution in [0.5, 0.6) is 0 Å². The predicted molar refractivity (Wildman–Crippen MR) is 88.0 cm³/mol. The maximum absolute atomic E-state index is 12.6. The minimum atomic E-state index is -1.20. The van der Waals surface area contributed by atoms with Crippen LogP contribution in [0.3, 0.4) is 0 Å². The summed E-state index contributed by atoms with van der Waals surface area (Å²) in [5.74, 6) is -1.03. The second-order valence-electron chi connectivity index (χ2n) is 6.09. The zero-order valence-electron chi connectivity index (χ0n) is 13.5. The Bertz CT molecular complexity index is 849. The van der Waals surface area contributed by atoms with Gasteiger partial charge >= 0.3 is 5.97 Å². The van der Waals surface area contributed by atoms with Crippen molar-refractivity contribution in [2.24, 2.45) is 5.73 Å². The summed E-state index contributed by atoms with van der Waals surface area (Å²) in [6, 6.07) is -0.679. The molecule has 3 aliphatic rings. The minimum Gasteiger partial charge on any atom is -0.477 e. The van der Waals surface area contributed by atoms with E-state index in [1.807, 2.05) is 0 Å². The van der Waals surface area contributed by atoms with Crippen LogP contribution in [0, 0.1) is 0 Å². The summed E-state index contributed by atoms with van der Waals surface area (Å²) in [5.41, 5.74) is 6.59. The van der Waals surface area contributed by atoms with E-state index in [-0.39, 0.29) is 23.5 Å². The molecule has 0 radical (unpaired) electrons. The third-order valence-corrected chi connectivity index (χ3v) is 5.85. The van der Waals surface area contributed by atoms with Gasteiger partial charge in [0, 0.05) is 17.9 Å². The fourth-order valence-electron chi connectivity index (χ4n) is 3.23. The lowest BCUT2D eigenvalue weighted by Crippen LogP contribution is -2.68. The van der Waals surface area contributed by atoms with Crippen LogP contribution >= 0.6 is 11.8 Å². The van der Waals surface area contributed by atoms with Crippen LogP contribution in [-0.2, 0) is 20.9 Å². The fraction of sp³-hybridized carbons (Fsp3) is 0.429. The molecule has 1 aromatic rings. The van der Waals surface area contributed by atoms with E-state index in [1.165, 1.54) is 16.7 Å². The number of hydrogen-bond acceptors (Lipinski definition) is 8. The first-order chi connectivity index (χ1) is 12.5. The van der Waals surface area contributed by atoms with Gasteiger partial charge in [-0.05, 0) is 18.1 Å². The smallest absolute Gasteiger partial charge is 0.352 e. The number of carbonyl (C=O) groups excluding carboxylic acids is 2. The van der Waals surface area contributed by atoms with Crippen molar-refractivity contribution >= 4 is 29.5 Å². The molecule has 26 heavy (non-hydrogen) atoms. The number of carbonyl (C=O) groups is 3. The average molecular weight is 377 g/mol. The Balaban J connectivity index is 1.59. The molecule has 1 aromatic heterocycles. The van der Waals surface area contributed by atoms with Gasteiger partial charge in [0.15, 0.2) is 5.82 Å². The van der Waals surface area contributed by atoms with Crippen molar-refractivity contribution in [2.75, 3.05) is 12.3 Å². The Morgan fingerprint density at radius 1 is 1.46 bits per heavy atom. The lowest BCUT2D eigenvalue weighted by atomic mass is 10.0. The lowest BCUT2D eigenvalue weighted by molar-refractivity contribution is -0.147. The van der Waals surface area contributed by atoms with Crippen molar-refractivity contribution in [3.63, 3.8) is 0 Å². The van der Waals surface area contributed by atoms with Gasteiger partial charge in [0.05, 0.1) is 6.54 Å². The zero-order chi connectivity index (χ0) is 18.4. The molecule has 0 bridgehead atoms. The van der Waals surface area contributed by atoms with Gasteiger partial charge in [0.1, 0.15) is 17.1 Å². The first-order valence-corrected chi connectivity index (χ1v) is 8.91. The van der Waals surface area contributed by atoms with E-state index < -0.39 is 17.9 Å². The fourth-order valence-corrected chi connectivity index (χ4v) is 4.49. The van der Waals surface area contributed by atoms with Gasteiger partial charge in [0.25, 0.3) is 0 Å². The van der Waals surface area contributed by atoms with Crippen LogP contribution in [0.15, 0.2) is 22.9 Å². The molecule has 12 heteroatoms. The third kappa shape index (κ3) is 2.57. The van der Waals surface area contributed by atoms with E-state index >= 15 is 0 Å². The van der Waals surface area contributed by atoms with Crippen LogP contribution in [-0.4, -0.2) is 77.0 Å². The standard InChI is InChI=1S/C14H15N7O4S/c15-9-12(23)21-10(14(24)25)7(5-26-13(9)21)3-6-1-2-20(11(6)22)4-8-16-18-19-17-8/h3,9,13H,1-2,4-5,15H2,(H,24,25)(H,16,17,18,19)/t9-,13-/m1/s1. The van der Waals surface area contributed by atoms with E-state index in [9.17, 15) is 19.5 Å². The summed E-state index contributed by atoms with van der Waals surface area (Å²) in [7, 11) is 0. The number of thioether (sulfide) groups is 1. The summed E-state index contributed by atoms with van der Waals surface area (Å²) in [6.07, 6.45) is 2.07. The van der Waals surface area contributed by atoms with Gasteiger partial charge < -0.3 is 15.7 Å². The molecule has 0 saturated carbocycles. The molecule has 2 saturated heterocycles. The molecule has 4 N–H and O–H groups in total. The Labute approximate surface area is 151 Å². The second kappa shape index (κ2) is 6.21. The normalized spacial score (nSPS) is 27.2. The number of aromatic amines is 1. The lowest BCUT2D eigenvalue weighted by Gasteiger charge is -2.47. The number of carboxylic acids is 1. The van der Waals surface area contributed by atoms with Crippen molar-refractivity contribution < 1.29 is 19.5 Å². The van der Waals surface area contributed by atoms with Crippen LogP contribution in [0.1, 0.15) is 12.2 Å². The number of nitrogens with two attached hydrogens (primary N) is 1. The maximum Gasteiger partial charge on any atom is 0.352 e. The Morgan fingerprint density at radius 3 is 2.96 bits per heavy atom. The Morgan fingerprint density at radius 2 is 2.27 bits per heavy atom. The highest BCUT2D eigenvalue weighted by molar-refractivity contribution is 8.00. The number of tetrazole rings is 1. The van der Waals surface area contributed by atoms with Gasteiger partial charge in [0.2, 0.25) is 11.8 Å². The summed E-state index contributed by atoms with van der Waals surface area (Å²) >= 11 is 1.40. The largest absolute Gasteiger partial charge is 0.477 e. The minimum absolute atomic E-state index is 0.0858. The Kier molecular flexibility index (Phi) is 4.00. The van der Waals surface area contributed by atoms with Gasteiger partial charge in [-0.1, -0.05) is 5.21 Å². The number of nitrogens with one attached hydrogen (secondary N) is 1. The number of allylic oxidation sites excluding steroid dienone is 1. The van der Waals surface area contributed by atoms with Crippen LogP contribution < -0.4 is 5.73 Å². The number of rotatable bonds is 4. The highest BCUT2D eigenvalue weighted by Crippen LogP contribution is 2.40. The van der Waals surface area contributed by atoms with Gasteiger partial charge in [-0.25, -0.2) is 4.79 Å². The second-order valence-corrected chi connectivity index (χ2v) is 7.19. The molecule has 2 fully saturated rings. The van der Waals surface area contributed by atoms with E-state index in [2.05, 4.69) is 20.6 Å². The van der Waals surface area contributed by atoms with Crippen LogP contribution in [0.4, 0.5) is 0 Å². The predicted octanol–water partition coefficient (Wildman–Crippen LogP) is -1.56. The third-order valence-electron chi connectivity index (χ3n) is 4.52. The Hall–Kier alpha value is -2.73. The van der Waals surface area contributed by atoms with Crippen molar-refractivity contribution in [1.29, 1.82) is 0 Å². The molecule has 0 unspecified atom stereocenters. The van der Waals surface area contributed by atoms with Crippen molar-refractivity contribution in [3.8, 4) is 0 Å². The number of aliphatic carboxylic acids is 1. The highest BCUT2D eigenvalue weighted by Gasteiger charge is 2.51. The number of likely N-dealkylation sites (tertiary alicyclic amines) is 1. The van der Waals surface area contributed by atoms with Crippen LogP contribution in [0.2, 0.25) is 0 Å². The van der Waals surface area contributed by atoms with Gasteiger partial charge in [-0.15, -0.1) is 22.0 Å². The maximum atomic E-state index is 12.6. The summed E-state index contributed by atoms with van der Waals surface area (Å²) in [4.78, 5) is 39.0. The molecule has 4 rings (SSSR count). The molecule has 2 atom stereocenters.